The van der Waals surface area contributed by atoms with Gasteiger partial charge in [-0.05, 0) is 46.6 Å². The van der Waals surface area contributed by atoms with Gasteiger partial charge in [0, 0.05) is 17.5 Å². The highest BCUT2D eigenvalue weighted by molar-refractivity contribution is 7.99. The summed E-state index contributed by atoms with van der Waals surface area (Å²) in [7, 11) is 0. The summed E-state index contributed by atoms with van der Waals surface area (Å²) >= 11 is 2.09. The molecule has 0 aliphatic carbocycles. The molecule has 1 heterocycles. The Balaban J connectivity index is 2.19. The Bertz CT molecular complexity index is 476. The van der Waals surface area contributed by atoms with E-state index in [1.807, 2.05) is 0 Å². The summed E-state index contributed by atoms with van der Waals surface area (Å²) in [6.07, 6.45) is 1.27. The van der Waals surface area contributed by atoms with Crippen molar-refractivity contribution in [1.82, 2.24) is 0 Å². The van der Waals surface area contributed by atoms with Gasteiger partial charge in [-0.1, -0.05) is 53.7 Å². The molecule has 0 bridgehead atoms. The number of anilines is 1. The molecule has 0 radical (unpaired) electrons. The first-order chi connectivity index (χ1) is 9.78. The molecule has 1 aromatic rings. The average Bonchev–Trinajstić information content (AvgIpc) is 2.37. The van der Waals surface area contributed by atoms with Crippen LogP contribution in [0.5, 0.6) is 0 Å². The van der Waals surface area contributed by atoms with E-state index in [2.05, 4.69) is 76.8 Å². The van der Waals surface area contributed by atoms with Gasteiger partial charge in [-0.2, -0.15) is 11.8 Å². The second kappa shape index (κ2) is 6.64. The van der Waals surface area contributed by atoms with E-state index in [0.717, 1.165) is 0 Å². The Morgan fingerprint density at radius 1 is 1.14 bits per heavy atom. The molecule has 21 heavy (non-hydrogen) atoms. The normalized spacial score (nSPS) is 21.8. The number of nitrogens with one attached hydrogen (secondary N) is 1. The molecule has 0 amide bonds. The first-order valence-corrected chi connectivity index (χ1v) is 9.42. The fourth-order valence-electron chi connectivity index (χ4n) is 3.12. The van der Waals surface area contributed by atoms with Crippen LogP contribution in [0.3, 0.4) is 0 Å². The Hall–Kier alpha value is -0.630. The lowest BCUT2D eigenvalue weighted by Gasteiger charge is -2.36. The van der Waals surface area contributed by atoms with Crippen LogP contribution >= 0.6 is 11.8 Å². The van der Waals surface area contributed by atoms with E-state index in [0.29, 0.717) is 23.3 Å². The molecule has 1 atom stereocenters. The zero-order valence-corrected chi connectivity index (χ0v) is 15.3. The summed E-state index contributed by atoms with van der Waals surface area (Å²) in [5.74, 6) is 3.68. The number of hydrogen-bond acceptors (Lipinski definition) is 2. The van der Waals surface area contributed by atoms with E-state index in [9.17, 15) is 0 Å². The third-order valence-corrected chi connectivity index (χ3v) is 5.96. The fourth-order valence-corrected chi connectivity index (χ4v) is 4.40. The van der Waals surface area contributed by atoms with Gasteiger partial charge in [0.1, 0.15) is 0 Å². The third-order valence-electron chi connectivity index (χ3n) is 4.33. The van der Waals surface area contributed by atoms with E-state index in [1.54, 1.807) is 0 Å². The summed E-state index contributed by atoms with van der Waals surface area (Å²) in [4.78, 5) is 0. The van der Waals surface area contributed by atoms with Crippen molar-refractivity contribution in [1.29, 1.82) is 0 Å². The van der Waals surface area contributed by atoms with E-state index >= 15 is 0 Å². The fraction of sp³-hybridized carbons (Fsp3) is 0.684. The SMILES string of the molecule is CC(C)c1ccc(NC2CSCC(C)(C)C2)c(C(C)C)c1. The van der Waals surface area contributed by atoms with Crippen LogP contribution in [0, 0.1) is 5.41 Å². The summed E-state index contributed by atoms with van der Waals surface area (Å²) in [5, 5.41) is 3.83. The van der Waals surface area contributed by atoms with Gasteiger partial charge < -0.3 is 5.32 Å². The van der Waals surface area contributed by atoms with Gasteiger partial charge in [0.25, 0.3) is 0 Å². The van der Waals surface area contributed by atoms with Crippen molar-refractivity contribution in [3.8, 4) is 0 Å². The Morgan fingerprint density at radius 3 is 2.43 bits per heavy atom. The number of rotatable bonds is 4. The highest BCUT2D eigenvalue weighted by Gasteiger charge is 2.28. The van der Waals surface area contributed by atoms with Gasteiger partial charge in [-0.3, -0.25) is 0 Å². The highest BCUT2D eigenvalue weighted by Crippen LogP contribution is 2.36. The lowest BCUT2D eigenvalue weighted by molar-refractivity contribution is 0.358. The Kier molecular flexibility index (Phi) is 5.29. The zero-order valence-electron chi connectivity index (χ0n) is 14.5. The molecule has 1 N–H and O–H groups in total. The first kappa shape index (κ1) is 16.7. The van der Waals surface area contributed by atoms with Crippen LogP contribution in [0.1, 0.15) is 70.9 Å². The molecule has 2 heteroatoms. The zero-order chi connectivity index (χ0) is 15.6. The van der Waals surface area contributed by atoms with Gasteiger partial charge in [0.15, 0.2) is 0 Å². The minimum Gasteiger partial charge on any atom is -0.381 e. The first-order valence-electron chi connectivity index (χ1n) is 8.26. The van der Waals surface area contributed by atoms with Crippen molar-refractivity contribution in [3.63, 3.8) is 0 Å². The van der Waals surface area contributed by atoms with Crippen molar-refractivity contribution >= 4 is 17.4 Å². The highest BCUT2D eigenvalue weighted by atomic mass is 32.2. The molecule has 1 unspecified atom stereocenters. The van der Waals surface area contributed by atoms with Gasteiger partial charge in [-0.25, -0.2) is 0 Å². The maximum atomic E-state index is 3.83. The van der Waals surface area contributed by atoms with E-state index in [1.165, 1.54) is 34.7 Å². The van der Waals surface area contributed by atoms with Crippen molar-refractivity contribution in [3.05, 3.63) is 29.3 Å². The van der Waals surface area contributed by atoms with Crippen LogP contribution in [-0.2, 0) is 0 Å². The lowest BCUT2D eigenvalue weighted by atomic mass is 9.87. The molecule has 1 aliphatic heterocycles. The smallest absolute Gasteiger partial charge is 0.0377 e. The number of benzene rings is 1. The molecular formula is C19H31NS. The second-order valence-electron chi connectivity index (χ2n) is 7.88. The third kappa shape index (κ3) is 4.42. The standard InChI is InChI=1S/C19H31NS/c1-13(2)15-7-8-18(17(9-15)14(3)4)20-16-10-19(5,6)12-21-11-16/h7-9,13-14,16,20H,10-12H2,1-6H3. The molecule has 1 nitrogen and oxygen atoms in total. The molecule has 1 aliphatic rings. The van der Waals surface area contributed by atoms with E-state index < -0.39 is 0 Å². The van der Waals surface area contributed by atoms with Gasteiger partial charge in [0.05, 0.1) is 0 Å². The number of thioether (sulfide) groups is 1. The Labute approximate surface area is 135 Å². The maximum Gasteiger partial charge on any atom is 0.0377 e. The summed E-state index contributed by atoms with van der Waals surface area (Å²) in [6.45, 7) is 13.9. The molecule has 118 valence electrons. The molecule has 1 saturated heterocycles. The molecule has 0 saturated carbocycles. The van der Waals surface area contributed by atoms with Gasteiger partial charge in [-0.15, -0.1) is 0 Å². The minimum atomic E-state index is 0.455. The van der Waals surface area contributed by atoms with Crippen LogP contribution in [0.2, 0.25) is 0 Å². The van der Waals surface area contributed by atoms with Gasteiger partial charge in [0.2, 0.25) is 0 Å². The maximum absolute atomic E-state index is 3.83. The largest absolute Gasteiger partial charge is 0.381 e. The Morgan fingerprint density at radius 2 is 1.86 bits per heavy atom. The predicted molar refractivity (Wildman–Crippen MR) is 97.8 cm³/mol. The number of hydrogen-bond donors (Lipinski definition) is 1. The van der Waals surface area contributed by atoms with Crippen LogP contribution in [0.15, 0.2) is 18.2 Å². The topological polar surface area (TPSA) is 12.0 Å². The molecule has 1 fully saturated rings. The summed E-state index contributed by atoms with van der Waals surface area (Å²) < 4.78 is 0. The molecule has 0 spiro atoms. The van der Waals surface area contributed by atoms with E-state index in [-0.39, 0.29) is 0 Å². The van der Waals surface area contributed by atoms with Crippen molar-refractivity contribution in [2.24, 2.45) is 5.41 Å². The average molecular weight is 306 g/mol. The molecule has 2 rings (SSSR count). The second-order valence-corrected chi connectivity index (χ2v) is 8.91. The van der Waals surface area contributed by atoms with Crippen LogP contribution in [0.25, 0.3) is 0 Å². The molecule has 1 aromatic carbocycles. The van der Waals surface area contributed by atoms with Gasteiger partial charge >= 0.3 is 0 Å². The van der Waals surface area contributed by atoms with Crippen LogP contribution in [0.4, 0.5) is 5.69 Å². The monoisotopic (exact) mass is 305 g/mol. The van der Waals surface area contributed by atoms with Crippen molar-refractivity contribution in [2.75, 3.05) is 16.8 Å². The van der Waals surface area contributed by atoms with E-state index in [4.69, 9.17) is 0 Å². The summed E-state index contributed by atoms with van der Waals surface area (Å²) in [5.41, 5.74) is 4.71. The quantitative estimate of drug-likeness (QED) is 0.745. The summed E-state index contributed by atoms with van der Waals surface area (Å²) in [6, 6.07) is 7.59. The minimum absolute atomic E-state index is 0.455. The molecule has 0 aromatic heterocycles. The predicted octanol–water partition coefficient (Wildman–Crippen LogP) is 5.88. The van der Waals surface area contributed by atoms with Crippen molar-refractivity contribution < 1.29 is 0 Å². The molecular weight excluding hydrogens is 274 g/mol. The van der Waals surface area contributed by atoms with Crippen molar-refractivity contribution in [2.45, 2.75) is 65.8 Å². The lowest BCUT2D eigenvalue weighted by Crippen LogP contribution is -2.35. The van der Waals surface area contributed by atoms with Crippen LogP contribution < -0.4 is 5.32 Å². The van der Waals surface area contributed by atoms with Crippen LogP contribution in [-0.4, -0.2) is 17.5 Å².